The van der Waals surface area contributed by atoms with Crippen molar-refractivity contribution in [3.8, 4) is 0 Å². The van der Waals surface area contributed by atoms with Crippen LogP contribution < -0.4 is 15.5 Å². The van der Waals surface area contributed by atoms with E-state index in [9.17, 15) is 4.79 Å². The summed E-state index contributed by atoms with van der Waals surface area (Å²) in [6.07, 6.45) is 4.29. The van der Waals surface area contributed by atoms with Gasteiger partial charge in [0.15, 0.2) is 0 Å². The van der Waals surface area contributed by atoms with Crippen molar-refractivity contribution in [1.29, 1.82) is 0 Å². The fourth-order valence-corrected chi connectivity index (χ4v) is 2.42. The van der Waals surface area contributed by atoms with E-state index in [0.29, 0.717) is 6.54 Å². The molecule has 1 atom stereocenters. The van der Waals surface area contributed by atoms with E-state index in [0.717, 1.165) is 31.1 Å². The van der Waals surface area contributed by atoms with Gasteiger partial charge in [0, 0.05) is 26.7 Å². The summed E-state index contributed by atoms with van der Waals surface area (Å²) in [5, 5.41) is 5.88. The largest absolute Gasteiger partial charge is 0.369 e. The lowest BCUT2D eigenvalue weighted by Gasteiger charge is -2.23. The molecule has 1 unspecified atom stereocenters. The summed E-state index contributed by atoms with van der Waals surface area (Å²) in [6, 6.07) is 0. The first-order valence-corrected chi connectivity index (χ1v) is 6.62. The van der Waals surface area contributed by atoms with Crippen LogP contribution in [0, 0.1) is 5.41 Å². The quantitative estimate of drug-likeness (QED) is 0.843. The standard InChI is InChI=1S/C13H21N5O/c1-4-16-10-7-15-8-11(17-10)18-6-5-13(2,9-18)12(19)14-3/h7-8H,4-6,9H2,1-3H3,(H,14,19)(H,16,17). The number of nitrogens with one attached hydrogen (secondary N) is 2. The normalized spacial score (nSPS) is 22.4. The van der Waals surface area contributed by atoms with Crippen molar-refractivity contribution in [1.82, 2.24) is 15.3 Å². The number of carbonyl (C=O) groups is 1. The summed E-state index contributed by atoms with van der Waals surface area (Å²) in [6.45, 7) is 6.33. The molecule has 6 nitrogen and oxygen atoms in total. The summed E-state index contributed by atoms with van der Waals surface area (Å²) in [7, 11) is 1.68. The molecule has 1 aromatic rings. The van der Waals surface area contributed by atoms with Crippen molar-refractivity contribution in [3.63, 3.8) is 0 Å². The number of carbonyl (C=O) groups excluding carboxylic acids is 1. The summed E-state index contributed by atoms with van der Waals surface area (Å²) >= 11 is 0. The molecule has 0 spiro atoms. The van der Waals surface area contributed by atoms with Crippen molar-refractivity contribution in [2.75, 3.05) is 36.9 Å². The molecule has 1 aromatic heterocycles. The van der Waals surface area contributed by atoms with Crippen LogP contribution in [-0.2, 0) is 4.79 Å². The maximum absolute atomic E-state index is 11.9. The number of amides is 1. The van der Waals surface area contributed by atoms with E-state index in [1.165, 1.54) is 0 Å². The van der Waals surface area contributed by atoms with Gasteiger partial charge in [0.1, 0.15) is 11.6 Å². The molecule has 1 amide bonds. The predicted molar refractivity (Wildman–Crippen MR) is 75.2 cm³/mol. The molecule has 2 N–H and O–H groups in total. The highest BCUT2D eigenvalue weighted by Gasteiger charge is 2.40. The Morgan fingerprint density at radius 3 is 3.00 bits per heavy atom. The molecule has 19 heavy (non-hydrogen) atoms. The molecule has 1 aliphatic rings. The minimum absolute atomic E-state index is 0.0887. The lowest BCUT2D eigenvalue weighted by atomic mass is 9.89. The first-order chi connectivity index (χ1) is 9.09. The molecule has 6 heteroatoms. The molecule has 104 valence electrons. The van der Waals surface area contributed by atoms with Gasteiger partial charge in [0.2, 0.25) is 5.91 Å². The minimum atomic E-state index is -0.343. The third-order valence-corrected chi connectivity index (χ3v) is 3.55. The second-order valence-electron chi connectivity index (χ2n) is 5.10. The second-order valence-corrected chi connectivity index (χ2v) is 5.10. The third kappa shape index (κ3) is 2.77. The lowest BCUT2D eigenvalue weighted by Crippen LogP contribution is -2.39. The number of aromatic nitrogens is 2. The van der Waals surface area contributed by atoms with E-state index < -0.39 is 0 Å². The number of hydrogen-bond donors (Lipinski definition) is 2. The molecule has 0 bridgehead atoms. The van der Waals surface area contributed by atoms with Gasteiger partial charge < -0.3 is 15.5 Å². The Hall–Kier alpha value is -1.85. The van der Waals surface area contributed by atoms with Crippen LogP contribution in [0.1, 0.15) is 20.3 Å². The highest BCUT2D eigenvalue weighted by Crippen LogP contribution is 2.32. The number of nitrogens with zero attached hydrogens (tertiary/aromatic N) is 3. The molecule has 1 aliphatic heterocycles. The first-order valence-electron chi connectivity index (χ1n) is 6.62. The Balaban J connectivity index is 2.12. The Kier molecular flexibility index (Phi) is 3.87. The average Bonchev–Trinajstić information content (AvgIpc) is 2.82. The van der Waals surface area contributed by atoms with Gasteiger partial charge in [-0.25, -0.2) is 4.98 Å². The average molecular weight is 263 g/mol. The molecule has 2 rings (SSSR count). The monoisotopic (exact) mass is 263 g/mol. The Bertz CT molecular complexity index is 464. The highest BCUT2D eigenvalue weighted by atomic mass is 16.2. The van der Waals surface area contributed by atoms with Crippen LogP contribution in [0.15, 0.2) is 12.4 Å². The SMILES string of the molecule is CCNc1cncc(N2CCC(C)(C(=O)NC)C2)n1. The maximum atomic E-state index is 11.9. The van der Waals surface area contributed by atoms with Crippen LogP contribution in [0.3, 0.4) is 0 Å². The molecule has 0 saturated carbocycles. The van der Waals surface area contributed by atoms with E-state index in [4.69, 9.17) is 0 Å². The van der Waals surface area contributed by atoms with E-state index in [1.54, 1.807) is 19.4 Å². The van der Waals surface area contributed by atoms with Crippen molar-refractivity contribution < 1.29 is 4.79 Å². The third-order valence-electron chi connectivity index (χ3n) is 3.55. The van der Waals surface area contributed by atoms with Gasteiger partial charge in [-0.1, -0.05) is 0 Å². The van der Waals surface area contributed by atoms with Crippen LogP contribution in [-0.4, -0.2) is 42.6 Å². The lowest BCUT2D eigenvalue weighted by molar-refractivity contribution is -0.128. The fraction of sp³-hybridized carbons (Fsp3) is 0.615. The summed E-state index contributed by atoms with van der Waals surface area (Å²) in [5.74, 6) is 1.69. The fourth-order valence-electron chi connectivity index (χ4n) is 2.42. The van der Waals surface area contributed by atoms with Gasteiger partial charge in [-0.2, -0.15) is 0 Å². The van der Waals surface area contributed by atoms with E-state index in [-0.39, 0.29) is 11.3 Å². The maximum Gasteiger partial charge on any atom is 0.227 e. The van der Waals surface area contributed by atoms with Gasteiger partial charge >= 0.3 is 0 Å². The van der Waals surface area contributed by atoms with Crippen molar-refractivity contribution in [2.24, 2.45) is 5.41 Å². The topological polar surface area (TPSA) is 70.2 Å². The Labute approximate surface area is 113 Å². The van der Waals surface area contributed by atoms with Gasteiger partial charge in [0.05, 0.1) is 17.8 Å². The molecule has 1 saturated heterocycles. The van der Waals surface area contributed by atoms with Crippen LogP contribution in [0.4, 0.5) is 11.6 Å². The van der Waals surface area contributed by atoms with E-state index >= 15 is 0 Å². The number of rotatable bonds is 4. The molecule has 0 aromatic carbocycles. The zero-order valence-electron chi connectivity index (χ0n) is 11.7. The predicted octanol–water partition coefficient (Wildman–Crippen LogP) is 0.871. The summed E-state index contributed by atoms with van der Waals surface area (Å²) < 4.78 is 0. The number of hydrogen-bond acceptors (Lipinski definition) is 5. The van der Waals surface area contributed by atoms with Crippen LogP contribution in [0.2, 0.25) is 0 Å². The zero-order valence-corrected chi connectivity index (χ0v) is 11.7. The molecule has 2 heterocycles. The van der Waals surface area contributed by atoms with Gasteiger partial charge in [-0.05, 0) is 20.3 Å². The van der Waals surface area contributed by atoms with Gasteiger partial charge in [-0.3, -0.25) is 9.78 Å². The van der Waals surface area contributed by atoms with Crippen molar-refractivity contribution in [3.05, 3.63) is 12.4 Å². The smallest absolute Gasteiger partial charge is 0.227 e. The first kappa shape index (κ1) is 13.6. The second kappa shape index (κ2) is 5.42. The molecular formula is C13H21N5O. The Morgan fingerprint density at radius 1 is 1.53 bits per heavy atom. The molecule has 0 aliphatic carbocycles. The van der Waals surface area contributed by atoms with Gasteiger partial charge in [0.25, 0.3) is 0 Å². The summed E-state index contributed by atoms with van der Waals surface area (Å²) in [5.41, 5.74) is -0.343. The zero-order chi connectivity index (χ0) is 13.9. The van der Waals surface area contributed by atoms with Crippen molar-refractivity contribution >= 4 is 17.5 Å². The van der Waals surface area contributed by atoms with Crippen LogP contribution in [0.25, 0.3) is 0 Å². The number of anilines is 2. The molecule has 1 fully saturated rings. The summed E-state index contributed by atoms with van der Waals surface area (Å²) in [4.78, 5) is 22.7. The molecular weight excluding hydrogens is 242 g/mol. The molecule has 0 radical (unpaired) electrons. The minimum Gasteiger partial charge on any atom is -0.369 e. The van der Waals surface area contributed by atoms with Crippen LogP contribution >= 0.6 is 0 Å². The van der Waals surface area contributed by atoms with E-state index in [2.05, 4.69) is 25.5 Å². The van der Waals surface area contributed by atoms with E-state index in [1.807, 2.05) is 13.8 Å². The Morgan fingerprint density at radius 2 is 2.32 bits per heavy atom. The highest BCUT2D eigenvalue weighted by molar-refractivity contribution is 5.83. The van der Waals surface area contributed by atoms with Crippen LogP contribution in [0.5, 0.6) is 0 Å². The van der Waals surface area contributed by atoms with Gasteiger partial charge in [-0.15, -0.1) is 0 Å². The van der Waals surface area contributed by atoms with Crippen molar-refractivity contribution in [2.45, 2.75) is 20.3 Å².